The van der Waals surface area contributed by atoms with Crippen LogP contribution in [0.2, 0.25) is 0 Å². The molecular formula is C21H25NO6. The van der Waals surface area contributed by atoms with Crippen molar-refractivity contribution in [1.82, 2.24) is 0 Å². The van der Waals surface area contributed by atoms with Gasteiger partial charge in [-0.05, 0) is 30.9 Å². The maximum atomic E-state index is 12.8. The second-order valence-corrected chi connectivity index (χ2v) is 6.79. The minimum absolute atomic E-state index is 0.135. The van der Waals surface area contributed by atoms with Crippen molar-refractivity contribution < 1.29 is 28.2 Å². The van der Waals surface area contributed by atoms with Crippen LogP contribution in [-0.4, -0.2) is 32.7 Å². The van der Waals surface area contributed by atoms with Gasteiger partial charge in [0.05, 0.1) is 38.3 Å². The van der Waals surface area contributed by atoms with Gasteiger partial charge in [0.2, 0.25) is 0 Å². The summed E-state index contributed by atoms with van der Waals surface area (Å²) in [6.07, 6.45) is 7.13. The smallest absolute Gasteiger partial charge is 0.340 e. The fourth-order valence-corrected chi connectivity index (χ4v) is 3.37. The zero-order valence-corrected chi connectivity index (χ0v) is 16.2. The van der Waals surface area contributed by atoms with Crippen LogP contribution in [-0.2, 0) is 4.74 Å². The maximum Gasteiger partial charge on any atom is 0.340 e. The van der Waals surface area contributed by atoms with Crippen molar-refractivity contribution >= 4 is 17.6 Å². The highest BCUT2D eigenvalue weighted by atomic mass is 16.5. The Hall–Kier alpha value is -2.96. The second-order valence-electron chi connectivity index (χ2n) is 6.79. The summed E-state index contributed by atoms with van der Waals surface area (Å²) in [7, 11) is 2.97. The third-order valence-electron chi connectivity index (χ3n) is 4.91. The van der Waals surface area contributed by atoms with Gasteiger partial charge >= 0.3 is 5.97 Å². The number of rotatable bonds is 7. The number of amides is 1. The molecule has 3 rings (SSSR count). The first kappa shape index (κ1) is 19.8. The molecule has 7 heteroatoms. The molecule has 1 aromatic carbocycles. The lowest BCUT2D eigenvalue weighted by Gasteiger charge is -2.21. The lowest BCUT2D eigenvalue weighted by molar-refractivity contribution is 0.0411. The molecule has 0 saturated heterocycles. The quantitative estimate of drug-likeness (QED) is 0.713. The average Bonchev–Trinajstić information content (AvgIpc) is 3.27. The van der Waals surface area contributed by atoms with Gasteiger partial charge in [0.25, 0.3) is 5.91 Å². The summed E-state index contributed by atoms with van der Waals surface area (Å²) in [5.41, 5.74) is 0.473. The lowest BCUT2D eigenvalue weighted by Crippen LogP contribution is -2.19. The molecule has 7 nitrogen and oxygen atoms in total. The molecule has 1 saturated carbocycles. The van der Waals surface area contributed by atoms with Crippen LogP contribution >= 0.6 is 0 Å². The van der Waals surface area contributed by atoms with Crippen LogP contribution in [0.25, 0.3) is 0 Å². The van der Waals surface area contributed by atoms with E-state index < -0.39 is 11.9 Å². The Morgan fingerprint density at radius 1 is 1.11 bits per heavy atom. The highest BCUT2D eigenvalue weighted by molar-refractivity contribution is 6.07. The van der Waals surface area contributed by atoms with E-state index in [2.05, 4.69) is 5.32 Å². The summed E-state index contributed by atoms with van der Waals surface area (Å²) in [5, 5.41) is 2.69. The Bertz CT molecular complexity index is 809. The minimum atomic E-state index is -0.513. The highest BCUT2D eigenvalue weighted by Crippen LogP contribution is 2.34. The first-order valence-corrected chi connectivity index (χ1v) is 9.40. The standard InChI is InChI=1S/C21H25NO6/c1-25-18-11-15(21(24)28-13-14-7-4-3-5-8-14)16(12-19(18)26-2)22-20(23)17-9-6-10-27-17/h6,9-12,14H,3-5,7-8,13H2,1-2H3,(H,22,23). The Kier molecular flexibility index (Phi) is 6.57. The van der Waals surface area contributed by atoms with Crippen molar-refractivity contribution in [3.8, 4) is 11.5 Å². The van der Waals surface area contributed by atoms with Crippen molar-refractivity contribution in [3.63, 3.8) is 0 Å². The van der Waals surface area contributed by atoms with E-state index in [0.29, 0.717) is 24.0 Å². The number of nitrogens with one attached hydrogen (secondary N) is 1. The number of carbonyl (C=O) groups is 2. The molecule has 1 amide bonds. The number of esters is 1. The normalized spacial score (nSPS) is 14.4. The van der Waals surface area contributed by atoms with E-state index in [0.717, 1.165) is 12.8 Å². The van der Waals surface area contributed by atoms with Crippen molar-refractivity contribution in [2.24, 2.45) is 5.92 Å². The molecule has 0 aliphatic heterocycles. The van der Waals surface area contributed by atoms with E-state index in [1.165, 1.54) is 57.9 Å². The van der Waals surface area contributed by atoms with Crippen molar-refractivity contribution in [2.75, 3.05) is 26.1 Å². The number of benzene rings is 1. The van der Waals surface area contributed by atoms with E-state index in [9.17, 15) is 9.59 Å². The molecule has 0 unspecified atom stereocenters. The van der Waals surface area contributed by atoms with Crippen molar-refractivity contribution in [1.29, 1.82) is 0 Å². The number of hydrogen-bond donors (Lipinski definition) is 1. The van der Waals surface area contributed by atoms with Crippen LogP contribution in [0.3, 0.4) is 0 Å². The fourth-order valence-electron chi connectivity index (χ4n) is 3.37. The summed E-state index contributed by atoms with van der Waals surface area (Å²) in [4.78, 5) is 25.1. The van der Waals surface area contributed by atoms with Gasteiger partial charge in [0, 0.05) is 12.1 Å². The Morgan fingerprint density at radius 2 is 1.82 bits per heavy atom. The molecule has 150 valence electrons. The summed E-state index contributed by atoms with van der Waals surface area (Å²) < 4.78 is 21.2. The molecule has 1 N–H and O–H groups in total. The number of hydrogen-bond acceptors (Lipinski definition) is 6. The molecule has 1 aliphatic carbocycles. The van der Waals surface area contributed by atoms with E-state index in [1.807, 2.05) is 0 Å². The second kappa shape index (κ2) is 9.30. The number of furan rings is 1. The Morgan fingerprint density at radius 3 is 2.46 bits per heavy atom. The van der Waals surface area contributed by atoms with Crippen LogP contribution in [0, 0.1) is 5.92 Å². The molecule has 28 heavy (non-hydrogen) atoms. The monoisotopic (exact) mass is 387 g/mol. The fraction of sp³-hybridized carbons (Fsp3) is 0.429. The Balaban J connectivity index is 1.81. The molecule has 1 fully saturated rings. The van der Waals surface area contributed by atoms with Crippen LogP contribution < -0.4 is 14.8 Å². The minimum Gasteiger partial charge on any atom is -0.493 e. The SMILES string of the molecule is COc1cc(NC(=O)c2ccco2)c(C(=O)OCC2CCCCC2)cc1OC. The zero-order chi connectivity index (χ0) is 19.9. The summed E-state index contributed by atoms with van der Waals surface area (Å²) in [5.74, 6) is 0.305. The largest absolute Gasteiger partial charge is 0.493 e. The molecule has 0 radical (unpaired) electrons. The van der Waals surface area contributed by atoms with Crippen LogP contribution in [0.5, 0.6) is 11.5 Å². The highest BCUT2D eigenvalue weighted by Gasteiger charge is 2.22. The average molecular weight is 387 g/mol. The number of carbonyl (C=O) groups excluding carboxylic acids is 2. The zero-order valence-electron chi connectivity index (χ0n) is 16.2. The molecule has 0 atom stereocenters. The van der Waals surface area contributed by atoms with Gasteiger partial charge in [0.1, 0.15) is 0 Å². The van der Waals surface area contributed by atoms with Crippen LogP contribution in [0.15, 0.2) is 34.9 Å². The number of methoxy groups -OCH3 is 2. The topological polar surface area (TPSA) is 87.0 Å². The van der Waals surface area contributed by atoms with Gasteiger partial charge in [-0.15, -0.1) is 0 Å². The van der Waals surface area contributed by atoms with Gasteiger partial charge in [-0.3, -0.25) is 4.79 Å². The van der Waals surface area contributed by atoms with Gasteiger partial charge in [-0.1, -0.05) is 19.3 Å². The molecule has 2 aromatic rings. The van der Waals surface area contributed by atoms with Crippen molar-refractivity contribution in [3.05, 3.63) is 41.9 Å². The van der Waals surface area contributed by atoms with Gasteiger partial charge in [-0.25, -0.2) is 4.79 Å². The molecule has 1 heterocycles. The molecule has 1 aliphatic rings. The van der Waals surface area contributed by atoms with Gasteiger partial charge in [-0.2, -0.15) is 0 Å². The molecule has 0 bridgehead atoms. The predicted octanol–water partition coefficient (Wildman–Crippen LogP) is 4.29. The first-order valence-electron chi connectivity index (χ1n) is 9.40. The third kappa shape index (κ3) is 4.65. The summed E-state index contributed by atoms with van der Waals surface area (Å²) in [6.45, 7) is 0.374. The number of ether oxygens (including phenoxy) is 3. The van der Waals surface area contributed by atoms with E-state index in [-0.39, 0.29) is 17.0 Å². The van der Waals surface area contributed by atoms with Crippen molar-refractivity contribution in [2.45, 2.75) is 32.1 Å². The van der Waals surface area contributed by atoms with E-state index >= 15 is 0 Å². The maximum absolute atomic E-state index is 12.8. The molecule has 1 aromatic heterocycles. The predicted molar refractivity (Wildman–Crippen MR) is 103 cm³/mol. The lowest BCUT2D eigenvalue weighted by atomic mass is 9.90. The van der Waals surface area contributed by atoms with E-state index in [1.54, 1.807) is 6.07 Å². The summed E-state index contributed by atoms with van der Waals surface area (Å²) in [6, 6.07) is 6.21. The third-order valence-corrected chi connectivity index (χ3v) is 4.91. The molecular weight excluding hydrogens is 362 g/mol. The van der Waals surface area contributed by atoms with E-state index in [4.69, 9.17) is 18.6 Å². The van der Waals surface area contributed by atoms with Crippen LogP contribution in [0.1, 0.15) is 53.0 Å². The van der Waals surface area contributed by atoms with Gasteiger partial charge < -0.3 is 23.9 Å². The van der Waals surface area contributed by atoms with Crippen LogP contribution in [0.4, 0.5) is 5.69 Å². The first-order chi connectivity index (χ1) is 13.6. The molecule has 0 spiro atoms. The summed E-state index contributed by atoms with van der Waals surface area (Å²) >= 11 is 0. The number of anilines is 1. The van der Waals surface area contributed by atoms with Gasteiger partial charge in [0.15, 0.2) is 17.3 Å². The Labute approximate surface area is 164 Å².